The molecule has 28 heavy (non-hydrogen) atoms. The number of hydrogen-bond acceptors (Lipinski definition) is 4. The molecule has 2 aromatic carbocycles. The van der Waals surface area contributed by atoms with Crippen molar-refractivity contribution in [3.05, 3.63) is 71.8 Å². The predicted molar refractivity (Wildman–Crippen MR) is 109 cm³/mol. The maximum Gasteiger partial charge on any atom is 0.253 e. The summed E-state index contributed by atoms with van der Waals surface area (Å²) in [7, 11) is 0. The van der Waals surface area contributed by atoms with E-state index in [-0.39, 0.29) is 11.9 Å². The number of carbonyl (C=O) groups excluding carboxylic acids is 1. The zero-order valence-electron chi connectivity index (χ0n) is 16.9. The van der Waals surface area contributed by atoms with Crippen molar-refractivity contribution < 1.29 is 14.5 Å². The van der Waals surface area contributed by atoms with Gasteiger partial charge >= 0.3 is 0 Å². The molecule has 1 aliphatic rings. The maximum absolute atomic E-state index is 13.1. The van der Waals surface area contributed by atoms with E-state index in [4.69, 9.17) is 9.68 Å². The molecule has 0 saturated carbocycles. The number of nitrogens with one attached hydrogen (secondary N) is 1. The fraction of sp³-hybridized carbons (Fsp3) is 0.435. The van der Waals surface area contributed by atoms with Gasteiger partial charge in [-0.15, -0.1) is 0 Å². The van der Waals surface area contributed by atoms with Crippen LogP contribution in [0.15, 0.2) is 60.7 Å². The summed E-state index contributed by atoms with van der Waals surface area (Å²) in [5.74, 6) is 0.402. The van der Waals surface area contributed by atoms with E-state index in [2.05, 4.69) is 19.3 Å². The van der Waals surface area contributed by atoms with E-state index in [1.807, 2.05) is 67.6 Å². The van der Waals surface area contributed by atoms with Crippen LogP contribution in [0.4, 0.5) is 0 Å². The van der Waals surface area contributed by atoms with Gasteiger partial charge in [0.05, 0.1) is 24.6 Å². The molecule has 0 bridgehead atoms. The van der Waals surface area contributed by atoms with Gasteiger partial charge in [-0.05, 0) is 30.4 Å². The summed E-state index contributed by atoms with van der Waals surface area (Å²) in [6.45, 7) is 7.56. The minimum atomic E-state index is -0.568. The van der Waals surface area contributed by atoms with Crippen LogP contribution < -0.4 is 5.48 Å². The molecule has 1 heterocycles. The molecule has 0 spiro atoms. The van der Waals surface area contributed by atoms with Gasteiger partial charge in [0.2, 0.25) is 0 Å². The van der Waals surface area contributed by atoms with Crippen molar-refractivity contribution in [1.29, 1.82) is 0 Å². The molecule has 1 saturated heterocycles. The monoisotopic (exact) mass is 382 g/mol. The molecule has 0 unspecified atom stereocenters. The summed E-state index contributed by atoms with van der Waals surface area (Å²) in [5.41, 5.74) is 4.70. The minimum absolute atomic E-state index is 0.0120. The van der Waals surface area contributed by atoms with Gasteiger partial charge in [-0.3, -0.25) is 14.5 Å². The molecule has 150 valence electrons. The lowest BCUT2D eigenvalue weighted by atomic mass is 9.77. The lowest BCUT2D eigenvalue weighted by molar-refractivity contribution is -0.187. The Labute approximate surface area is 167 Å². The Bertz CT molecular complexity index is 751. The van der Waals surface area contributed by atoms with Crippen molar-refractivity contribution in [2.24, 2.45) is 11.3 Å². The van der Waals surface area contributed by atoms with Crippen LogP contribution in [-0.4, -0.2) is 23.6 Å². The molecule has 0 aliphatic carbocycles. The van der Waals surface area contributed by atoms with Crippen molar-refractivity contribution >= 4 is 5.91 Å². The third kappa shape index (κ3) is 4.98. The van der Waals surface area contributed by atoms with E-state index in [9.17, 15) is 4.79 Å². The molecule has 2 aromatic rings. The Morgan fingerprint density at radius 2 is 1.61 bits per heavy atom. The summed E-state index contributed by atoms with van der Waals surface area (Å²) in [4.78, 5) is 24.7. The first-order valence-corrected chi connectivity index (χ1v) is 9.89. The zero-order chi connectivity index (χ0) is 20.0. The molecule has 0 radical (unpaired) electrons. The Morgan fingerprint density at radius 1 is 1.04 bits per heavy atom. The van der Waals surface area contributed by atoms with Crippen LogP contribution in [0.5, 0.6) is 0 Å². The van der Waals surface area contributed by atoms with Crippen LogP contribution in [0, 0.1) is 11.3 Å². The van der Waals surface area contributed by atoms with Gasteiger partial charge in [0.1, 0.15) is 6.61 Å². The quantitative estimate of drug-likeness (QED) is 0.664. The van der Waals surface area contributed by atoms with E-state index in [1.165, 1.54) is 5.06 Å². The van der Waals surface area contributed by atoms with E-state index in [0.717, 1.165) is 17.5 Å². The van der Waals surface area contributed by atoms with Gasteiger partial charge in [-0.1, -0.05) is 74.5 Å². The molecule has 0 aromatic heterocycles. The minimum Gasteiger partial charge on any atom is -0.297 e. The number of carbonyl (C=O) groups is 1. The van der Waals surface area contributed by atoms with Crippen LogP contribution >= 0.6 is 0 Å². The zero-order valence-corrected chi connectivity index (χ0v) is 16.9. The van der Waals surface area contributed by atoms with E-state index < -0.39 is 5.41 Å². The van der Waals surface area contributed by atoms with E-state index in [0.29, 0.717) is 25.7 Å². The summed E-state index contributed by atoms with van der Waals surface area (Å²) in [6.07, 6.45) is 0.767. The molecule has 5 heteroatoms. The highest BCUT2D eigenvalue weighted by Gasteiger charge is 2.51. The highest BCUT2D eigenvalue weighted by Crippen LogP contribution is 2.38. The lowest BCUT2D eigenvalue weighted by Crippen LogP contribution is -2.45. The van der Waals surface area contributed by atoms with Gasteiger partial charge in [0.15, 0.2) is 0 Å². The lowest BCUT2D eigenvalue weighted by Gasteiger charge is -2.30. The second-order valence-corrected chi connectivity index (χ2v) is 8.09. The first kappa shape index (κ1) is 20.5. The van der Waals surface area contributed by atoms with Gasteiger partial charge in [0.25, 0.3) is 5.91 Å². The predicted octanol–water partition coefficient (Wildman–Crippen LogP) is 4.10. The van der Waals surface area contributed by atoms with Gasteiger partial charge in [0, 0.05) is 0 Å². The second-order valence-electron chi connectivity index (χ2n) is 8.09. The first-order chi connectivity index (χ1) is 13.5. The SMILES string of the molecule is CC(C)C[C@]1(C)C(=O)N(OCc2ccccc2)C[C@@H]1NOCc1ccccc1. The number of amides is 1. The summed E-state index contributed by atoms with van der Waals surface area (Å²) in [6, 6.07) is 19.7. The number of rotatable bonds is 9. The molecule has 1 fully saturated rings. The third-order valence-electron chi connectivity index (χ3n) is 5.20. The second kappa shape index (κ2) is 9.32. The third-order valence-corrected chi connectivity index (χ3v) is 5.20. The largest absolute Gasteiger partial charge is 0.297 e. The molecule has 1 aliphatic heterocycles. The fourth-order valence-corrected chi connectivity index (χ4v) is 3.77. The van der Waals surface area contributed by atoms with Gasteiger partial charge < -0.3 is 0 Å². The molecular weight excluding hydrogens is 352 g/mol. The van der Waals surface area contributed by atoms with Crippen molar-refractivity contribution in [2.45, 2.75) is 46.4 Å². The molecule has 1 amide bonds. The Morgan fingerprint density at radius 3 is 2.18 bits per heavy atom. The summed E-state index contributed by atoms with van der Waals surface area (Å²) >= 11 is 0. The summed E-state index contributed by atoms with van der Waals surface area (Å²) in [5, 5.41) is 1.50. The van der Waals surface area contributed by atoms with Crippen molar-refractivity contribution in [1.82, 2.24) is 10.5 Å². The Balaban J connectivity index is 1.63. The molecular formula is C23H30N2O3. The van der Waals surface area contributed by atoms with Crippen molar-refractivity contribution in [3.63, 3.8) is 0 Å². The smallest absolute Gasteiger partial charge is 0.253 e. The van der Waals surface area contributed by atoms with Crippen LogP contribution in [0.25, 0.3) is 0 Å². The topological polar surface area (TPSA) is 50.8 Å². The summed E-state index contributed by atoms with van der Waals surface area (Å²) < 4.78 is 0. The number of hydrogen-bond donors (Lipinski definition) is 1. The van der Waals surface area contributed by atoms with Crippen LogP contribution in [0.3, 0.4) is 0 Å². The number of hydroxylamine groups is 3. The highest BCUT2D eigenvalue weighted by atomic mass is 16.7. The normalized spacial score (nSPS) is 22.2. The average Bonchev–Trinajstić information content (AvgIpc) is 2.92. The van der Waals surface area contributed by atoms with Crippen LogP contribution in [0.1, 0.15) is 38.3 Å². The highest BCUT2D eigenvalue weighted by molar-refractivity contribution is 5.84. The van der Waals surface area contributed by atoms with Gasteiger partial charge in [-0.2, -0.15) is 5.48 Å². The fourth-order valence-electron chi connectivity index (χ4n) is 3.77. The number of nitrogens with zero attached hydrogens (tertiary/aromatic N) is 1. The Hall–Kier alpha value is -2.21. The van der Waals surface area contributed by atoms with Crippen molar-refractivity contribution in [3.8, 4) is 0 Å². The standard InChI is InChI=1S/C23H30N2O3/c1-18(2)14-23(3)21(24-27-16-19-10-6-4-7-11-19)15-25(22(23)26)28-17-20-12-8-5-9-13-20/h4-13,18,21,24H,14-17H2,1-3H3/t21-,23-/m0/s1. The molecule has 3 rings (SSSR count). The molecule has 5 nitrogen and oxygen atoms in total. The van der Waals surface area contributed by atoms with E-state index >= 15 is 0 Å². The van der Waals surface area contributed by atoms with Gasteiger partial charge in [-0.25, -0.2) is 5.06 Å². The maximum atomic E-state index is 13.1. The Kier molecular flexibility index (Phi) is 6.83. The molecule has 2 atom stereocenters. The average molecular weight is 383 g/mol. The molecule has 1 N–H and O–H groups in total. The number of benzene rings is 2. The van der Waals surface area contributed by atoms with Crippen LogP contribution in [0.2, 0.25) is 0 Å². The first-order valence-electron chi connectivity index (χ1n) is 9.89. The van der Waals surface area contributed by atoms with Crippen molar-refractivity contribution in [2.75, 3.05) is 6.54 Å². The van der Waals surface area contributed by atoms with E-state index in [1.54, 1.807) is 0 Å². The van der Waals surface area contributed by atoms with Crippen LogP contribution in [-0.2, 0) is 27.7 Å².